The fourth-order valence-corrected chi connectivity index (χ4v) is 1.11. The lowest BCUT2D eigenvalue weighted by Crippen LogP contribution is -2.34. The first kappa shape index (κ1) is 13.5. The van der Waals surface area contributed by atoms with Crippen LogP contribution in [0.25, 0.3) is 0 Å². The standard InChI is InChI=1S/C10H16O2.C2H6/c1-9(2)3-4-10(11)5-7-12-8-6-10;1-2/h9,11H,5-8H2,1-2H3;1-2H3. The average Bonchev–Trinajstić information content (AvgIpc) is 2.19. The summed E-state index contributed by atoms with van der Waals surface area (Å²) in [6, 6.07) is 0. The minimum atomic E-state index is -0.775. The Bertz CT molecular complexity index is 192. The summed E-state index contributed by atoms with van der Waals surface area (Å²) in [4.78, 5) is 0. The second-order valence-corrected chi connectivity index (χ2v) is 3.57. The van der Waals surface area contributed by atoms with E-state index >= 15 is 0 Å². The van der Waals surface area contributed by atoms with Gasteiger partial charge in [-0.3, -0.25) is 0 Å². The van der Waals surface area contributed by atoms with Crippen molar-refractivity contribution >= 4 is 0 Å². The van der Waals surface area contributed by atoms with E-state index in [0.29, 0.717) is 32.0 Å². The number of aliphatic hydroxyl groups is 1. The zero-order valence-corrected chi connectivity index (χ0v) is 9.76. The Morgan fingerprint density at radius 1 is 1.21 bits per heavy atom. The monoisotopic (exact) mass is 198 g/mol. The van der Waals surface area contributed by atoms with E-state index < -0.39 is 5.60 Å². The van der Waals surface area contributed by atoms with E-state index in [1.54, 1.807) is 0 Å². The van der Waals surface area contributed by atoms with Crippen LogP contribution in [0.4, 0.5) is 0 Å². The number of hydrogen-bond donors (Lipinski definition) is 1. The van der Waals surface area contributed by atoms with E-state index in [4.69, 9.17) is 4.74 Å². The summed E-state index contributed by atoms with van der Waals surface area (Å²) in [6.07, 6.45) is 1.29. The number of ether oxygens (including phenoxy) is 1. The van der Waals surface area contributed by atoms with Gasteiger partial charge >= 0.3 is 0 Å². The highest BCUT2D eigenvalue weighted by molar-refractivity contribution is 5.15. The maximum absolute atomic E-state index is 9.87. The molecule has 2 nitrogen and oxygen atoms in total. The van der Waals surface area contributed by atoms with Gasteiger partial charge in [0.25, 0.3) is 0 Å². The minimum absolute atomic E-state index is 0.330. The molecule has 0 radical (unpaired) electrons. The van der Waals surface area contributed by atoms with Gasteiger partial charge in [-0.15, -0.1) is 0 Å². The van der Waals surface area contributed by atoms with Gasteiger partial charge in [0.05, 0.1) is 13.2 Å². The van der Waals surface area contributed by atoms with Crippen LogP contribution in [-0.2, 0) is 4.74 Å². The molecule has 1 aliphatic heterocycles. The first-order valence-electron chi connectivity index (χ1n) is 5.45. The largest absolute Gasteiger partial charge is 0.381 e. The molecule has 14 heavy (non-hydrogen) atoms. The number of hydrogen-bond acceptors (Lipinski definition) is 2. The van der Waals surface area contributed by atoms with Gasteiger partial charge < -0.3 is 9.84 Å². The summed E-state index contributed by atoms with van der Waals surface area (Å²) in [5, 5.41) is 9.87. The lowest BCUT2D eigenvalue weighted by molar-refractivity contribution is -0.0262. The number of rotatable bonds is 0. The molecule has 0 aliphatic carbocycles. The Kier molecular flexibility index (Phi) is 6.61. The Labute approximate surface area is 87.7 Å². The molecule has 2 heteroatoms. The van der Waals surface area contributed by atoms with Crippen LogP contribution in [0.5, 0.6) is 0 Å². The predicted octanol–water partition coefficient (Wildman–Crippen LogP) is 2.21. The van der Waals surface area contributed by atoms with E-state index in [1.807, 2.05) is 27.7 Å². The van der Waals surface area contributed by atoms with E-state index in [1.165, 1.54) is 0 Å². The van der Waals surface area contributed by atoms with Crippen molar-refractivity contribution in [1.82, 2.24) is 0 Å². The summed E-state index contributed by atoms with van der Waals surface area (Å²) in [5.74, 6) is 6.25. The van der Waals surface area contributed by atoms with Crippen molar-refractivity contribution in [3.05, 3.63) is 0 Å². The molecule has 1 N–H and O–H groups in total. The van der Waals surface area contributed by atoms with Crippen molar-refractivity contribution in [2.45, 2.75) is 46.1 Å². The topological polar surface area (TPSA) is 29.5 Å². The van der Waals surface area contributed by atoms with Crippen molar-refractivity contribution in [1.29, 1.82) is 0 Å². The normalized spacial score (nSPS) is 19.0. The van der Waals surface area contributed by atoms with E-state index in [-0.39, 0.29) is 0 Å². The Balaban J connectivity index is 0.000000791. The average molecular weight is 198 g/mol. The lowest BCUT2D eigenvalue weighted by atomic mass is 9.94. The lowest BCUT2D eigenvalue weighted by Gasteiger charge is -2.26. The smallest absolute Gasteiger partial charge is 0.129 e. The van der Waals surface area contributed by atoms with E-state index in [9.17, 15) is 5.11 Å². The molecule has 1 rings (SSSR count). The van der Waals surface area contributed by atoms with Crippen molar-refractivity contribution in [3.8, 4) is 11.8 Å². The second-order valence-electron chi connectivity index (χ2n) is 3.57. The SMILES string of the molecule is CC.CC(C)C#CC1(O)CCOCC1. The zero-order valence-electron chi connectivity index (χ0n) is 9.76. The molecule has 0 aromatic heterocycles. The molecule has 0 saturated carbocycles. The van der Waals surface area contributed by atoms with Gasteiger partial charge in [0.2, 0.25) is 0 Å². The molecule has 1 aliphatic rings. The fraction of sp³-hybridized carbons (Fsp3) is 0.833. The summed E-state index contributed by atoms with van der Waals surface area (Å²) < 4.78 is 5.14. The summed E-state index contributed by atoms with van der Waals surface area (Å²) >= 11 is 0. The van der Waals surface area contributed by atoms with Crippen LogP contribution in [0.1, 0.15) is 40.5 Å². The molecule has 1 fully saturated rings. The van der Waals surface area contributed by atoms with Crippen LogP contribution < -0.4 is 0 Å². The molecule has 0 unspecified atom stereocenters. The minimum Gasteiger partial charge on any atom is -0.381 e. The third kappa shape index (κ3) is 5.26. The van der Waals surface area contributed by atoms with Gasteiger partial charge in [0, 0.05) is 18.8 Å². The van der Waals surface area contributed by atoms with Crippen molar-refractivity contribution in [2.24, 2.45) is 5.92 Å². The summed E-state index contributed by atoms with van der Waals surface area (Å²) in [7, 11) is 0. The highest BCUT2D eigenvalue weighted by Gasteiger charge is 2.27. The van der Waals surface area contributed by atoms with Crippen LogP contribution in [0.15, 0.2) is 0 Å². The molecule has 0 aromatic carbocycles. The highest BCUT2D eigenvalue weighted by atomic mass is 16.5. The molecular weight excluding hydrogens is 176 g/mol. The van der Waals surface area contributed by atoms with Crippen molar-refractivity contribution < 1.29 is 9.84 Å². The van der Waals surface area contributed by atoms with Gasteiger partial charge in [-0.05, 0) is 0 Å². The molecule has 1 heterocycles. The fourth-order valence-electron chi connectivity index (χ4n) is 1.11. The van der Waals surface area contributed by atoms with Crippen LogP contribution in [0.3, 0.4) is 0 Å². The maximum Gasteiger partial charge on any atom is 0.129 e. The summed E-state index contributed by atoms with van der Waals surface area (Å²) in [5.41, 5.74) is -0.775. The summed E-state index contributed by atoms with van der Waals surface area (Å²) in [6.45, 7) is 9.30. The first-order chi connectivity index (χ1) is 6.62. The third-order valence-corrected chi connectivity index (χ3v) is 1.91. The van der Waals surface area contributed by atoms with Crippen molar-refractivity contribution in [3.63, 3.8) is 0 Å². The molecule has 1 saturated heterocycles. The van der Waals surface area contributed by atoms with Gasteiger partial charge in [0.1, 0.15) is 5.60 Å². The van der Waals surface area contributed by atoms with Crippen LogP contribution >= 0.6 is 0 Å². The molecule has 0 spiro atoms. The van der Waals surface area contributed by atoms with E-state index in [2.05, 4.69) is 11.8 Å². The highest BCUT2D eigenvalue weighted by Crippen LogP contribution is 2.19. The van der Waals surface area contributed by atoms with Gasteiger partial charge in [-0.25, -0.2) is 0 Å². The Morgan fingerprint density at radius 3 is 2.14 bits per heavy atom. The molecule has 0 bridgehead atoms. The first-order valence-corrected chi connectivity index (χ1v) is 5.45. The zero-order chi connectivity index (χ0) is 11.0. The second kappa shape index (κ2) is 6.86. The quantitative estimate of drug-likeness (QED) is 0.605. The maximum atomic E-state index is 9.87. The van der Waals surface area contributed by atoms with Crippen LogP contribution in [0.2, 0.25) is 0 Å². The Hall–Kier alpha value is -0.520. The van der Waals surface area contributed by atoms with Gasteiger partial charge in [-0.1, -0.05) is 39.5 Å². The Morgan fingerprint density at radius 2 is 1.71 bits per heavy atom. The third-order valence-electron chi connectivity index (χ3n) is 1.91. The van der Waals surface area contributed by atoms with Gasteiger partial charge in [-0.2, -0.15) is 0 Å². The predicted molar refractivity (Wildman–Crippen MR) is 59.0 cm³/mol. The molecule has 82 valence electrons. The molecular formula is C12H22O2. The van der Waals surface area contributed by atoms with Crippen LogP contribution in [-0.4, -0.2) is 23.9 Å². The molecule has 0 amide bonds. The van der Waals surface area contributed by atoms with E-state index in [0.717, 1.165) is 0 Å². The van der Waals surface area contributed by atoms with Crippen molar-refractivity contribution in [2.75, 3.05) is 13.2 Å². The molecule has 0 aromatic rings. The van der Waals surface area contributed by atoms with Gasteiger partial charge in [0.15, 0.2) is 0 Å². The van der Waals surface area contributed by atoms with Crippen LogP contribution in [0, 0.1) is 17.8 Å². The molecule has 0 atom stereocenters.